The van der Waals surface area contributed by atoms with E-state index in [2.05, 4.69) is 4.74 Å². The molecule has 0 aliphatic carbocycles. The molecule has 0 bridgehead atoms. The lowest BCUT2D eigenvalue weighted by Gasteiger charge is -2.10. The van der Waals surface area contributed by atoms with Gasteiger partial charge in [-0.05, 0) is 35.9 Å². The standard InChI is InChI=1S/C16H16ClNO3/c1-20-16(19)12-5-6-15(14(18)10-12)21-8-7-11-3-2-4-13(17)9-11/h2-6,9-10H,7-8,18H2,1H3. The van der Waals surface area contributed by atoms with Crippen molar-refractivity contribution >= 4 is 23.3 Å². The van der Waals surface area contributed by atoms with Gasteiger partial charge in [0.05, 0.1) is 25.0 Å². The number of anilines is 1. The van der Waals surface area contributed by atoms with Crippen molar-refractivity contribution < 1.29 is 14.3 Å². The van der Waals surface area contributed by atoms with Crippen LogP contribution in [-0.2, 0) is 11.2 Å². The molecule has 0 amide bonds. The van der Waals surface area contributed by atoms with E-state index in [-0.39, 0.29) is 0 Å². The highest BCUT2D eigenvalue weighted by atomic mass is 35.5. The Balaban J connectivity index is 1.96. The molecule has 5 heteroatoms. The van der Waals surface area contributed by atoms with E-state index in [1.165, 1.54) is 7.11 Å². The van der Waals surface area contributed by atoms with Crippen LogP contribution in [0.1, 0.15) is 15.9 Å². The van der Waals surface area contributed by atoms with Crippen LogP contribution < -0.4 is 10.5 Å². The fourth-order valence-electron chi connectivity index (χ4n) is 1.90. The Kier molecular flexibility index (Phi) is 5.06. The molecule has 0 saturated carbocycles. The third-order valence-electron chi connectivity index (χ3n) is 2.97. The molecule has 0 heterocycles. The fourth-order valence-corrected chi connectivity index (χ4v) is 2.11. The smallest absolute Gasteiger partial charge is 0.337 e. The number of esters is 1. The van der Waals surface area contributed by atoms with E-state index in [9.17, 15) is 4.79 Å². The molecule has 0 radical (unpaired) electrons. The average molecular weight is 306 g/mol. The number of rotatable bonds is 5. The Labute approximate surface area is 128 Å². The monoisotopic (exact) mass is 305 g/mol. The van der Waals surface area contributed by atoms with Crippen molar-refractivity contribution in [2.45, 2.75) is 6.42 Å². The minimum absolute atomic E-state index is 0.400. The predicted octanol–water partition coefficient (Wildman–Crippen LogP) is 3.33. The number of hydrogen-bond donors (Lipinski definition) is 1. The maximum absolute atomic E-state index is 11.4. The van der Waals surface area contributed by atoms with E-state index < -0.39 is 5.97 Å². The molecule has 0 aliphatic rings. The van der Waals surface area contributed by atoms with Crippen molar-refractivity contribution in [2.75, 3.05) is 19.5 Å². The summed E-state index contributed by atoms with van der Waals surface area (Å²) < 4.78 is 10.3. The summed E-state index contributed by atoms with van der Waals surface area (Å²) in [5.74, 6) is 0.122. The van der Waals surface area contributed by atoms with Gasteiger partial charge in [0.1, 0.15) is 5.75 Å². The molecule has 0 unspecified atom stereocenters. The van der Waals surface area contributed by atoms with Gasteiger partial charge in [-0.25, -0.2) is 4.79 Å². The molecule has 0 aliphatic heterocycles. The van der Waals surface area contributed by atoms with Gasteiger partial charge in [-0.1, -0.05) is 23.7 Å². The molecular weight excluding hydrogens is 290 g/mol. The molecule has 0 saturated heterocycles. The van der Waals surface area contributed by atoms with E-state index in [4.69, 9.17) is 22.1 Å². The van der Waals surface area contributed by atoms with Crippen LogP contribution >= 0.6 is 11.6 Å². The number of hydrogen-bond acceptors (Lipinski definition) is 4. The third kappa shape index (κ3) is 4.13. The van der Waals surface area contributed by atoms with E-state index >= 15 is 0 Å². The van der Waals surface area contributed by atoms with Crippen LogP contribution in [0.5, 0.6) is 5.75 Å². The Hall–Kier alpha value is -2.20. The van der Waals surface area contributed by atoms with Crippen molar-refractivity contribution in [2.24, 2.45) is 0 Å². The Morgan fingerprint density at radius 1 is 1.24 bits per heavy atom. The van der Waals surface area contributed by atoms with Gasteiger partial charge in [0, 0.05) is 11.4 Å². The molecule has 0 atom stereocenters. The highest BCUT2D eigenvalue weighted by Crippen LogP contribution is 2.23. The molecule has 4 nitrogen and oxygen atoms in total. The van der Waals surface area contributed by atoms with Crippen molar-refractivity contribution in [1.82, 2.24) is 0 Å². The van der Waals surface area contributed by atoms with Gasteiger partial charge in [0.15, 0.2) is 0 Å². The summed E-state index contributed by atoms with van der Waals surface area (Å²) in [6.45, 7) is 0.474. The summed E-state index contributed by atoms with van der Waals surface area (Å²) >= 11 is 5.92. The quantitative estimate of drug-likeness (QED) is 0.680. The van der Waals surface area contributed by atoms with E-state index in [1.807, 2.05) is 24.3 Å². The summed E-state index contributed by atoms with van der Waals surface area (Å²) in [5, 5.41) is 0.703. The van der Waals surface area contributed by atoms with Gasteiger partial charge < -0.3 is 15.2 Å². The predicted molar refractivity (Wildman–Crippen MR) is 82.8 cm³/mol. The summed E-state index contributed by atoms with van der Waals surface area (Å²) in [6.07, 6.45) is 0.721. The first-order valence-electron chi connectivity index (χ1n) is 6.45. The van der Waals surface area contributed by atoms with Crippen molar-refractivity contribution in [3.8, 4) is 5.75 Å². The first kappa shape index (κ1) is 15.2. The number of ether oxygens (including phenoxy) is 2. The average Bonchev–Trinajstić information content (AvgIpc) is 2.48. The largest absolute Gasteiger partial charge is 0.491 e. The van der Waals surface area contributed by atoms with Gasteiger partial charge in [0.25, 0.3) is 0 Å². The lowest BCUT2D eigenvalue weighted by atomic mass is 10.1. The summed E-state index contributed by atoms with van der Waals surface area (Å²) in [4.78, 5) is 11.4. The zero-order valence-electron chi connectivity index (χ0n) is 11.6. The fraction of sp³-hybridized carbons (Fsp3) is 0.188. The second-order valence-corrected chi connectivity index (χ2v) is 4.91. The van der Waals surface area contributed by atoms with Crippen LogP contribution in [0.2, 0.25) is 5.02 Å². The first-order chi connectivity index (χ1) is 10.1. The maximum atomic E-state index is 11.4. The second-order valence-electron chi connectivity index (χ2n) is 4.47. The van der Waals surface area contributed by atoms with Crippen LogP contribution in [0.25, 0.3) is 0 Å². The first-order valence-corrected chi connectivity index (χ1v) is 6.83. The molecule has 2 N–H and O–H groups in total. The number of nitrogens with two attached hydrogens (primary N) is 1. The van der Waals surface area contributed by atoms with Gasteiger partial charge in [-0.15, -0.1) is 0 Å². The molecule has 110 valence electrons. The number of benzene rings is 2. The number of methoxy groups -OCH3 is 1. The maximum Gasteiger partial charge on any atom is 0.337 e. The van der Waals surface area contributed by atoms with Gasteiger partial charge in [-0.3, -0.25) is 0 Å². The molecule has 2 aromatic carbocycles. The minimum atomic E-state index is -0.424. The zero-order chi connectivity index (χ0) is 15.2. The number of carbonyl (C=O) groups excluding carboxylic acids is 1. The lowest BCUT2D eigenvalue weighted by Crippen LogP contribution is -2.06. The van der Waals surface area contributed by atoms with Crippen molar-refractivity contribution in [3.63, 3.8) is 0 Å². The molecule has 0 aromatic heterocycles. The molecule has 0 spiro atoms. The van der Waals surface area contributed by atoms with Gasteiger partial charge in [-0.2, -0.15) is 0 Å². The lowest BCUT2D eigenvalue weighted by molar-refractivity contribution is 0.0601. The van der Waals surface area contributed by atoms with E-state index in [0.29, 0.717) is 28.6 Å². The van der Waals surface area contributed by atoms with Crippen LogP contribution in [0.4, 0.5) is 5.69 Å². The molecule has 2 aromatic rings. The van der Waals surface area contributed by atoms with Crippen molar-refractivity contribution in [3.05, 3.63) is 58.6 Å². The van der Waals surface area contributed by atoms with Crippen LogP contribution in [0.15, 0.2) is 42.5 Å². The minimum Gasteiger partial charge on any atom is -0.491 e. The Bertz CT molecular complexity index is 643. The SMILES string of the molecule is COC(=O)c1ccc(OCCc2cccc(Cl)c2)c(N)c1. The van der Waals surface area contributed by atoms with Gasteiger partial charge >= 0.3 is 5.97 Å². The molecular formula is C16H16ClNO3. The Morgan fingerprint density at radius 3 is 2.71 bits per heavy atom. The highest BCUT2D eigenvalue weighted by molar-refractivity contribution is 6.30. The number of halogens is 1. The molecule has 0 fully saturated rings. The number of nitrogen functional groups attached to an aromatic ring is 1. The summed E-state index contributed by atoms with van der Waals surface area (Å²) in [7, 11) is 1.33. The van der Waals surface area contributed by atoms with Crippen LogP contribution in [-0.4, -0.2) is 19.7 Å². The topological polar surface area (TPSA) is 61.5 Å². The van der Waals surface area contributed by atoms with Crippen LogP contribution in [0.3, 0.4) is 0 Å². The third-order valence-corrected chi connectivity index (χ3v) is 3.20. The normalized spacial score (nSPS) is 10.2. The Morgan fingerprint density at radius 2 is 2.05 bits per heavy atom. The van der Waals surface area contributed by atoms with Gasteiger partial charge in [0.2, 0.25) is 0 Å². The zero-order valence-corrected chi connectivity index (χ0v) is 12.4. The summed E-state index contributed by atoms with van der Waals surface area (Å²) in [6, 6.07) is 12.4. The van der Waals surface area contributed by atoms with E-state index in [0.717, 1.165) is 12.0 Å². The molecule has 2 rings (SSSR count). The summed E-state index contributed by atoms with van der Waals surface area (Å²) in [5.41, 5.74) is 7.76. The van der Waals surface area contributed by atoms with E-state index in [1.54, 1.807) is 18.2 Å². The molecule has 21 heavy (non-hydrogen) atoms. The number of carbonyl (C=O) groups is 1. The highest BCUT2D eigenvalue weighted by Gasteiger charge is 2.08. The van der Waals surface area contributed by atoms with Crippen molar-refractivity contribution in [1.29, 1.82) is 0 Å². The second kappa shape index (κ2) is 6.99. The van der Waals surface area contributed by atoms with Crippen LogP contribution in [0, 0.1) is 0 Å².